The number of benzene rings is 2. The van der Waals surface area contributed by atoms with Crippen LogP contribution in [-0.2, 0) is 28.9 Å². The van der Waals surface area contributed by atoms with Crippen LogP contribution in [0.2, 0.25) is 0 Å². The molecule has 0 saturated carbocycles. The molecule has 0 radical (unpaired) electrons. The van der Waals surface area contributed by atoms with E-state index in [2.05, 4.69) is 53.5 Å². The fourth-order valence-electron chi connectivity index (χ4n) is 2.99. The van der Waals surface area contributed by atoms with Crippen molar-refractivity contribution in [3.05, 3.63) is 65.2 Å². The Kier molecular flexibility index (Phi) is 6.07. The van der Waals surface area contributed by atoms with E-state index in [1.807, 2.05) is 12.1 Å². The van der Waals surface area contributed by atoms with E-state index in [9.17, 15) is 4.79 Å². The molecule has 0 aliphatic carbocycles. The first-order valence-corrected chi connectivity index (χ1v) is 9.01. The molecule has 4 heteroatoms. The second-order valence-electron chi connectivity index (χ2n) is 6.39. The molecule has 0 unspecified atom stereocenters. The Balaban J connectivity index is 1.47. The molecular formula is C21H26N2O2. The molecule has 4 nitrogen and oxygen atoms in total. The second-order valence-corrected chi connectivity index (χ2v) is 6.39. The van der Waals surface area contributed by atoms with Gasteiger partial charge in [0.2, 0.25) is 5.91 Å². The van der Waals surface area contributed by atoms with Gasteiger partial charge in [0.15, 0.2) is 0 Å². The minimum absolute atomic E-state index is 0.0569. The van der Waals surface area contributed by atoms with E-state index in [0.717, 1.165) is 43.9 Å². The largest absolute Gasteiger partial charge is 0.378 e. The molecular weight excluding hydrogens is 312 g/mol. The zero-order valence-electron chi connectivity index (χ0n) is 14.8. The van der Waals surface area contributed by atoms with Gasteiger partial charge in [0, 0.05) is 25.3 Å². The van der Waals surface area contributed by atoms with Gasteiger partial charge >= 0.3 is 0 Å². The van der Waals surface area contributed by atoms with Gasteiger partial charge in [-0.2, -0.15) is 0 Å². The number of nitrogens with zero attached hydrogens (tertiary/aromatic N) is 1. The molecule has 25 heavy (non-hydrogen) atoms. The summed E-state index contributed by atoms with van der Waals surface area (Å²) < 4.78 is 5.38. The number of anilines is 1. The fraction of sp³-hybridized carbons (Fsp3) is 0.381. The molecule has 0 bridgehead atoms. The molecule has 0 aromatic heterocycles. The van der Waals surface area contributed by atoms with Crippen LogP contribution in [0.25, 0.3) is 0 Å². The molecule has 1 amide bonds. The van der Waals surface area contributed by atoms with Crippen molar-refractivity contribution in [3.8, 4) is 0 Å². The summed E-state index contributed by atoms with van der Waals surface area (Å²) in [6, 6.07) is 16.7. The van der Waals surface area contributed by atoms with Gasteiger partial charge in [-0.1, -0.05) is 43.3 Å². The summed E-state index contributed by atoms with van der Waals surface area (Å²) in [5, 5.41) is 3.00. The molecule has 132 valence electrons. The average molecular weight is 338 g/mol. The van der Waals surface area contributed by atoms with Gasteiger partial charge in [0.05, 0.1) is 19.6 Å². The number of carbonyl (C=O) groups is 1. The van der Waals surface area contributed by atoms with Crippen LogP contribution >= 0.6 is 0 Å². The Morgan fingerprint density at radius 2 is 1.56 bits per heavy atom. The third-order valence-electron chi connectivity index (χ3n) is 4.60. The van der Waals surface area contributed by atoms with Gasteiger partial charge in [-0.3, -0.25) is 4.79 Å². The zero-order valence-corrected chi connectivity index (χ0v) is 14.8. The first-order valence-electron chi connectivity index (χ1n) is 9.01. The maximum atomic E-state index is 12.1. The van der Waals surface area contributed by atoms with Crippen LogP contribution in [0.4, 0.5) is 5.69 Å². The first kappa shape index (κ1) is 17.5. The van der Waals surface area contributed by atoms with E-state index >= 15 is 0 Å². The lowest BCUT2D eigenvalue weighted by Crippen LogP contribution is -2.36. The molecule has 2 aromatic rings. The van der Waals surface area contributed by atoms with Gasteiger partial charge in [-0.15, -0.1) is 0 Å². The minimum atomic E-state index is 0.0569. The molecule has 1 N–H and O–H groups in total. The Bertz CT molecular complexity index is 674. The summed E-state index contributed by atoms with van der Waals surface area (Å²) in [5.41, 5.74) is 4.68. The fourth-order valence-corrected chi connectivity index (χ4v) is 2.99. The van der Waals surface area contributed by atoms with Gasteiger partial charge in [0.1, 0.15) is 0 Å². The number of hydrogen-bond donors (Lipinski definition) is 1. The molecule has 2 aromatic carbocycles. The van der Waals surface area contributed by atoms with Crippen molar-refractivity contribution in [2.45, 2.75) is 26.3 Å². The highest BCUT2D eigenvalue weighted by atomic mass is 16.5. The number of aryl methyl sites for hydroxylation is 1. The van der Waals surface area contributed by atoms with Gasteiger partial charge in [-0.25, -0.2) is 0 Å². The smallest absolute Gasteiger partial charge is 0.224 e. The summed E-state index contributed by atoms with van der Waals surface area (Å²) in [6.45, 7) is 6.15. The number of amides is 1. The van der Waals surface area contributed by atoms with Crippen molar-refractivity contribution in [1.29, 1.82) is 0 Å². The molecule has 1 saturated heterocycles. The highest BCUT2D eigenvalue weighted by Crippen LogP contribution is 2.16. The van der Waals surface area contributed by atoms with E-state index in [1.165, 1.54) is 11.3 Å². The SMILES string of the molecule is CCc1ccc(CC(=O)NCc2ccc(N3CCOCC3)cc2)cc1. The highest BCUT2D eigenvalue weighted by molar-refractivity contribution is 5.78. The lowest BCUT2D eigenvalue weighted by Gasteiger charge is -2.28. The maximum absolute atomic E-state index is 12.1. The van der Waals surface area contributed by atoms with Crippen LogP contribution in [0, 0.1) is 0 Å². The molecule has 0 spiro atoms. The number of hydrogen-bond acceptors (Lipinski definition) is 3. The molecule has 3 rings (SSSR count). The Morgan fingerprint density at radius 1 is 0.960 bits per heavy atom. The van der Waals surface area contributed by atoms with Crippen LogP contribution in [0.15, 0.2) is 48.5 Å². The van der Waals surface area contributed by atoms with E-state index in [1.54, 1.807) is 0 Å². The Labute approximate surface area is 149 Å². The highest BCUT2D eigenvalue weighted by Gasteiger charge is 2.11. The van der Waals surface area contributed by atoms with Crippen molar-refractivity contribution in [1.82, 2.24) is 5.32 Å². The summed E-state index contributed by atoms with van der Waals surface area (Å²) in [5.74, 6) is 0.0569. The normalized spacial score (nSPS) is 14.4. The van der Waals surface area contributed by atoms with Crippen LogP contribution < -0.4 is 10.2 Å². The van der Waals surface area contributed by atoms with Gasteiger partial charge in [0.25, 0.3) is 0 Å². The summed E-state index contributed by atoms with van der Waals surface area (Å²) >= 11 is 0. The predicted octanol–water partition coefficient (Wildman–Crippen LogP) is 2.94. The van der Waals surface area contributed by atoms with E-state index in [-0.39, 0.29) is 5.91 Å². The molecule has 1 aliphatic heterocycles. The lowest BCUT2D eigenvalue weighted by molar-refractivity contribution is -0.120. The van der Waals surface area contributed by atoms with Crippen molar-refractivity contribution in [3.63, 3.8) is 0 Å². The zero-order chi connectivity index (χ0) is 17.5. The number of carbonyl (C=O) groups excluding carboxylic acids is 1. The third-order valence-corrected chi connectivity index (χ3v) is 4.60. The van der Waals surface area contributed by atoms with E-state index in [4.69, 9.17) is 4.74 Å². The van der Waals surface area contributed by atoms with Crippen LogP contribution in [-0.4, -0.2) is 32.2 Å². The van der Waals surface area contributed by atoms with Gasteiger partial charge in [-0.05, 0) is 35.2 Å². The first-order chi connectivity index (χ1) is 12.2. The molecule has 1 heterocycles. The second kappa shape index (κ2) is 8.67. The monoisotopic (exact) mass is 338 g/mol. The quantitative estimate of drug-likeness (QED) is 0.880. The Morgan fingerprint density at radius 3 is 2.20 bits per heavy atom. The molecule has 1 aliphatic rings. The van der Waals surface area contributed by atoms with Crippen molar-refractivity contribution >= 4 is 11.6 Å². The molecule has 1 fully saturated rings. The van der Waals surface area contributed by atoms with Gasteiger partial charge < -0.3 is 15.0 Å². The predicted molar refractivity (Wildman–Crippen MR) is 101 cm³/mol. The summed E-state index contributed by atoms with van der Waals surface area (Å²) in [4.78, 5) is 14.4. The van der Waals surface area contributed by atoms with E-state index in [0.29, 0.717) is 13.0 Å². The third kappa shape index (κ3) is 5.07. The minimum Gasteiger partial charge on any atom is -0.378 e. The number of morpholine rings is 1. The van der Waals surface area contributed by atoms with Crippen molar-refractivity contribution < 1.29 is 9.53 Å². The summed E-state index contributed by atoms with van der Waals surface area (Å²) in [7, 11) is 0. The average Bonchev–Trinajstić information content (AvgIpc) is 2.68. The topological polar surface area (TPSA) is 41.6 Å². The number of ether oxygens (including phenoxy) is 1. The maximum Gasteiger partial charge on any atom is 0.224 e. The standard InChI is InChI=1S/C21H26N2O2/c1-2-17-3-5-18(6-4-17)15-21(24)22-16-19-7-9-20(10-8-19)23-11-13-25-14-12-23/h3-10H,2,11-16H2,1H3,(H,22,24). The molecule has 0 atom stereocenters. The van der Waals surface area contributed by atoms with E-state index < -0.39 is 0 Å². The Hall–Kier alpha value is -2.33. The van der Waals surface area contributed by atoms with Crippen LogP contribution in [0.5, 0.6) is 0 Å². The number of nitrogens with one attached hydrogen (secondary N) is 1. The lowest BCUT2D eigenvalue weighted by atomic mass is 10.1. The van der Waals surface area contributed by atoms with Crippen LogP contribution in [0.1, 0.15) is 23.6 Å². The van der Waals surface area contributed by atoms with Crippen LogP contribution in [0.3, 0.4) is 0 Å². The van der Waals surface area contributed by atoms with Crippen molar-refractivity contribution in [2.75, 3.05) is 31.2 Å². The number of rotatable bonds is 6. The summed E-state index contributed by atoms with van der Waals surface area (Å²) in [6.07, 6.45) is 1.45. The van der Waals surface area contributed by atoms with Crippen molar-refractivity contribution in [2.24, 2.45) is 0 Å².